The first-order chi connectivity index (χ1) is 14.5. The number of carbonyl (C=O) groups is 2. The van der Waals surface area contributed by atoms with E-state index >= 15 is 0 Å². The van der Waals surface area contributed by atoms with Crippen LogP contribution in [-0.2, 0) is 9.59 Å². The first kappa shape index (κ1) is 20.3. The summed E-state index contributed by atoms with van der Waals surface area (Å²) in [4.78, 5) is 31.1. The summed E-state index contributed by atoms with van der Waals surface area (Å²) in [5, 5.41) is 0.350. The summed E-state index contributed by atoms with van der Waals surface area (Å²) in [6, 6.07) is 24.2. The van der Waals surface area contributed by atoms with Crippen molar-refractivity contribution in [2.24, 2.45) is 0 Å². The second kappa shape index (κ2) is 8.38. The lowest BCUT2D eigenvalue weighted by Crippen LogP contribution is -2.34. The smallest absolute Gasteiger partial charge is 0.283 e. The van der Waals surface area contributed by atoms with Crippen molar-refractivity contribution in [1.29, 1.82) is 0 Å². The number of imide groups is 1. The van der Waals surface area contributed by atoms with E-state index in [-0.39, 0.29) is 5.91 Å². The number of carbonyl (C=O) groups excluding carboxylic acids is 2. The minimum absolute atomic E-state index is 0.330. The maximum absolute atomic E-state index is 13.5. The Morgan fingerprint density at radius 3 is 2.13 bits per heavy atom. The number of thioether (sulfide) groups is 1. The van der Waals surface area contributed by atoms with Crippen LogP contribution in [0, 0.1) is 6.92 Å². The monoisotopic (exact) mass is 434 g/mol. The zero-order chi connectivity index (χ0) is 21.3. The summed E-state index contributed by atoms with van der Waals surface area (Å²) < 4.78 is 0. The van der Waals surface area contributed by atoms with E-state index in [1.54, 1.807) is 36.2 Å². The number of hydrogen-bond donors (Lipinski definition) is 0. The number of benzene rings is 3. The number of anilines is 2. The fraction of sp³-hybridized carbons (Fsp3) is 0.0833. The van der Waals surface area contributed by atoms with Crippen molar-refractivity contribution in [2.45, 2.75) is 11.8 Å². The molecule has 0 aromatic heterocycles. The topological polar surface area (TPSA) is 40.6 Å². The number of aryl methyl sites for hydroxylation is 1. The molecule has 1 heterocycles. The summed E-state index contributed by atoms with van der Waals surface area (Å²) in [7, 11) is 1.79. The van der Waals surface area contributed by atoms with E-state index in [9.17, 15) is 9.59 Å². The van der Waals surface area contributed by atoms with Gasteiger partial charge in [-0.2, -0.15) is 0 Å². The van der Waals surface area contributed by atoms with E-state index in [1.807, 2.05) is 61.5 Å². The van der Waals surface area contributed by atoms with Crippen LogP contribution < -0.4 is 9.80 Å². The van der Waals surface area contributed by atoms with Crippen LogP contribution in [0.2, 0.25) is 5.02 Å². The van der Waals surface area contributed by atoms with Crippen LogP contribution in [0.3, 0.4) is 0 Å². The Kier molecular flexibility index (Phi) is 5.66. The molecule has 0 N–H and O–H groups in total. The lowest BCUT2D eigenvalue weighted by molar-refractivity contribution is -0.120. The van der Waals surface area contributed by atoms with Gasteiger partial charge in [-0.25, -0.2) is 4.90 Å². The van der Waals surface area contributed by atoms with Crippen molar-refractivity contribution in [3.8, 4) is 0 Å². The molecule has 30 heavy (non-hydrogen) atoms. The molecule has 0 unspecified atom stereocenters. The molecule has 1 aliphatic rings. The molecule has 0 bridgehead atoms. The van der Waals surface area contributed by atoms with Crippen LogP contribution in [0.25, 0.3) is 0 Å². The van der Waals surface area contributed by atoms with Gasteiger partial charge in [0.2, 0.25) is 0 Å². The summed E-state index contributed by atoms with van der Waals surface area (Å²) in [6.07, 6.45) is 0. The van der Waals surface area contributed by atoms with Gasteiger partial charge >= 0.3 is 0 Å². The summed E-state index contributed by atoms with van der Waals surface area (Å²) in [5.74, 6) is -0.773. The highest BCUT2D eigenvalue weighted by atomic mass is 35.5. The molecule has 2 amide bonds. The van der Waals surface area contributed by atoms with Gasteiger partial charge in [0.05, 0.1) is 10.7 Å². The molecule has 0 fully saturated rings. The summed E-state index contributed by atoms with van der Waals surface area (Å²) in [5.41, 5.74) is 2.66. The minimum Gasteiger partial charge on any atom is -0.339 e. The lowest BCUT2D eigenvalue weighted by Gasteiger charge is -2.21. The average Bonchev–Trinajstić information content (AvgIpc) is 3.00. The molecule has 6 heteroatoms. The molecule has 0 aliphatic carbocycles. The van der Waals surface area contributed by atoms with Crippen molar-refractivity contribution in [3.05, 3.63) is 100 Å². The Bertz CT molecular complexity index is 1140. The molecule has 0 saturated heterocycles. The third-order valence-corrected chi connectivity index (χ3v) is 6.23. The van der Waals surface area contributed by atoms with Crippen molar-refractivity contribution in [3.63, 3.8) is 0 Å². The molecular formula is C24H19ClN2O2S. The van der Waals surface area contributed by atoms with Gasteiger partial charge in [0.15, 0.2) is 0 Å². The number of halogens is 1. The van der Waals surface area contributed by atoms with Crippen LogP contribution in [0.5, 0.6) is 0 Å². The van der Waals surface area contributed by atoms with Gasteiger partial charge in [0.25, 0.3) is 11.8 Å². The molecule has 0 spiro atoms. The van der Waals surface area contributed by atoms with E-state index in [4.69, 9.17) is 11.6 Å². The molecule has 3 aromatic rings. The summed E-state index contributed by atoms with van der Waals surface area (Å²) >= 11 is 7.61. The second-order valence-corrected chi connectivity index (χ2v) is 8.38. The SMILES string of the molecule is Cc1ccc(SC2=C(N(C)c3ccccc3)C(=O)N(c3ccccc3Cl)C2=O)cc1. The quantitative estimate of drug-likeness (QED) is 0.485. The molecular weight excluding hydrogens is 416 g/mol. The van der Waals surface area contributed by atoms with Gasteiger partial charge in [-0.3, -0.25) is 9.59 Å². The van der Waals surface area contributed by atoms with Crippen LogP contribution in [0.1, 0.15) is 5.56 Å². The minimum atomic E-state index is -0.394. The number of amides is 2. The molecule has 3 aromatic carbocycles. The standard InChI is InChI=1S/C24H19ClN2O2S/c1-16-12-14-18(15-13-16)30-22-21(26(2)17-8-4-3-5-9-17)23(28)27(24(22)29)20-11-7-6-10-19(20)25/h3-15H,1-2H3. The fourth-order valence-corrected chi connectivity index (χ4v) is 4.47. The lowest BCUT2D eigenvalue weighted by atomic mass is 10.2. The van der Waals surface area contributed by atoms with E-state index in [2.05, 4.69) is 0 Å². The Morgan fingerprint density at radius 2 is 1.47 bits per heavy atom. The molecule has 4 rings (SSSR count). The first-order valence-corrected chi connectivity index (χ1v) is 10.6. The Hall–Kier alpha value is -3.02. The number of rotatable bonds is 5. The average molecular weight is 435 g/mol. The van der Waals surface area contributed by atoms with Crippen molar-refractivity contribution < 1.29 is 9.59 Å². The third kappa shape index (κ3) is 3.74. The van der Waals surface area contributed by atoms with Gasteiger partial charge in [0.1, 0.15) is 10.6 Å². The number of para-hydroxylation sites is 2. The number of likely N-dealkylation sites (N-methyl/N-ethyl adjacent to an activating group) is 1. The maximum Gasteiger partial charge on any atom is 0.283 e. The van der Waals surface area contributed by atoms with Gasteiger partial charge < -0.3 is 4.90 Å². The van der Waals surface area contributed by atoms with Gasteiger partial charge in [-0.1, -0.05) is 71.4 Å². The zero-order valence-corrected chi connectivity index (χ0v) is 18.1. The van der Waals surface area contributed by atoms with Gasteiger partial charge in [0, 0.05) is 17.6 Å². The second-order valence-electron chi connectivity index (χ2n) is 6.88. The first-order valence-electron chi connectivity index (χ1n) is 9.38. The maximum atomic E-state index is 13.5. The van der Waals surface area contributed by atoms with Crippen molar-refractivity contribution in [1.82, 2.24) is 0 Å². The molecule has 4 nitrogen and oxygen atoms in total. The highest BCUT2D eigenvalue weighted by Gasteiger charge is 2.42. The predicted molar refractivity (Wildman–Crippen MR) is 123 cm³/mol. The summed E-state index contributed by atoms with van der Waals surface area (Å²) in [6.45, 7) is 2.01. The van der Waals surface area contributed by atoms with E-state index in [0.29, 0.717) is 21.3 Å². The molecule has 0 atom stereocenters. The normalized spacial score (nSPS) is 13.9. The Labute approximate surface area is 184 Å². The van der Waals surface area contributed by atoms with Crippen LogP contribution >= 0.6 is 23.4 Å². The highest BCUT2D eigenvalue weighted by Crippen LogP contribution is 2.41. The van der Waals surface area contributed by atoms with E-state index in [1.165, 1.54) is 11.8 Å². The van der Waals surface area contributed by atoms with Crippen molar-refractivity contribution >= 4 is 46.6 Å². The van der Waals surface area contributed by atoms with E-state index < -0.39 is 5.91 Å². The van der Waals surface area contributed by atoms with Crippen LogP contribution in [0.15, 0.2) is 94.4 Å². The zero-order valence-electron chi connectivity index (χ0n) is 16.5. The Morgan fingerprint density at radius 1 is 0.833 bits per heavy atom. The Balaban J connectivity index is 1.81. The number of hydrogen-bond acceptors (Lipinski definition) is 4. The van der Waals surface area contributed by atoms with Crippen molar-refractivity contribution in [2.75, 3.05) is 16.8 Å². The van der Waals surface area contributed by atoms with Crippen LogP contribution in [0.4, 0.5) is 11.4 Å². The molecule has 150 valence electrons. The molecule has 0 saturated carbocycles. The fourth-order valence-electron chi connectivity index (χ4n) is 3.24. The van der Waals surface area contributed by atoms with Crippen LogP contribution in [-0.4, -0.2) is 18.9 Å². The largest absolute Gasteiger partial charge is 0.339 e. The predicted octanol–water partition coefficient (Wildman–Crippen LogP) is 5.66. The number of nitrogens with zero attached hydrogens (tertiary/aromatic N) is 2. The van der Waals surface area contributed by atoms with E-state index in [0.717, 1.165) is 21.0 Å². The van der Waals surface area contributed by atoms with Gasteiger partial charge in [-0.15, -0.1) is 0 Å². The highest BCUT2D eigenvalue weighted by molar-refractivity contribution is 8.04. The molecule has 1 aliphatic heterocycles. The third-order valence-electron chi connectivity index (χ3n) is 4.83. The molecule has 0 radical (unpaired) electrons. The van der Waals surface area contributed by atoms with Gasteiger partial charge in [-0.05, 0) is 43.3 Å².